The molecule has 104 heavy (non-hydrogen) atoms. The van der Waals surface area contributed by atoms with Gasteiger partial charge in [0.05, 0.1) is 26.4 Å². The van der Waals surface area contributed by atoms with Crippen molar-refractivity contribution in [3.8, 4) is 0 Å². The molecule has 19 heteroatoms. The molecule has 0 heterocycles. The largest absolute Gasteiger partial charge is 0.472 e. The van der Waals surface area contributed by atoms with Crippen LogP contribution < -0.4 is 0 Å². The van der Waals surface area contributed by atoms with Gasteiger partial charge in [0.2, 0.25) is 0 Å². The van der Waals surface area contributed by atoms with Gasteiger partial charge in [-0.3, -0.25) is 37.3 Å². The molecule has 0 aromatic heterocycles. The van der Waals surface area contributed by atoms with Gasteiger partial charge in [-0.25, -0.2) is 9.13 Å². The summed E-state index contributed by atoms with van der Waals surface area (Å²) in [5.41, 5.74) is 0. The lowest BCUT2D eigenvalue weighted by Crippen LogP contribution is -2.30. The minimum absolute atomic E-state index is 0.0733. The number of unbranched alkanes of at least 4 members (excludes halogenated alkanes) is 30. The zero-order chi connectivity index (χ0) is 76.0. The number of esters is 4. The highest BCUT2D eigenvalue weighted by Crippen LogP contribution is 2.45. The van der Waals surface area contributed by atoms with Crippen LogP contribution in [-0.4, -0.2) is 96.7 Å². The second kappa shape index (κ2) is 76.6. The number of ether oxygens (including phenoxy) is 4. The van der Waals surface area contributed by atoms with Gasteiger partial charge >= 0.3 is 39.5 Å². The van der Waals surface area contributed by atoms with Crippen LogP contribution in [0.4, 0.5) is 0 Å². The highest BCUT2D eigenvalue weighted by molar-refractivity contribution is 7.47. The fourth-order valence-corrected chi connectivity index (χ4v) is 12.3. The minimum Gasteiger partial charge on any atom is -0.462 e. The highest BCUT2D eigenvalue weighted by Gasteiger charge is 2.30. The Hall–Kier alpha value is -4.54. The molecule has 0 fully saturated rings. The van der Waals surface area contributed by atoms with Gasteiger partial charge in [0.25, 0.3) is 0 Å². The summed E-state index contributed by atoms with van der Waals surface area (Å²) >= 11 is 0. The first-order valence-electron chi connectivity index (χ1n) is 40.8. The monoisotopic (exact) mass is 1500 g/mol. The molecular formula is C85H146O17P2. The highest BCUT2D eigenvalue weighted by atomic mass is 31.2. The van der Waals surface area contributed by atoms with E-state index in [0.717, 1.165) is 199 Å². The summed E-state index contributed by atoms with van der Waals surface area (Å²) in [6.45, 7) is 4.59. The smallest absolute Gasteiger partial charge is 0.462 e. The zero-order valence-electron chi connectivity index (χ0n) is 65.4. The van der Waals surface area contributed by atoms with Crippen molar-refractivity contribution in [2.24, 2.45) is 0 Å². The van der Waals surface area contributed by atoms with Crippen LogP contribution in [0.1, 0.15) is 336 Å². The first-order chi connectivity index (χ1) is 50.7. The van der Waals surface area contributed by atoms with E-state index >= 15 is 0 Å². The molecule has 0 aromatic rings. The van der Waals surface area contributed by atoms with E-state index in [1.807, 2.05) is 0 Å². The molecule has 0 radical (unpaired) electrons. The molecule has 0 bridgehead atoms. The molecule has 17 nitrogen and oxygen atoms in total. The molecule has 0 spiro atoms. The van der Waals surface area contributed by atoms with E-state index in [4.69, 9.17) is 37.0 Å². The lowest BCUT2D eigenvalue weighted by Gasteiger charge is -2.21. The Bertz CT molecular complexity index is 2440. The first kappa shape index (κ1) is 99.5. The third kappa shape index (κ3) is 75.7. The molecule has 0 aliphatic heterocycles. The summed E-state index contributed by atoms with van der Waals surface area (Å²) in [7, 11) is -9.97. The second-order valence-corrected chi connectivity index (χ2v) is 29.8. The maximum absolute atomic E-state index is 13.1. The third-order valence-electron chi connectivity index (χ3n) is 16.9. The fourth-order valence-electron chi connectivity index (χ4n) is 10.7. The summed E-state index contributed by atoms with van der Waals surface area (Å²) in [5, 5.41) is 10.6. The van der Waals surface area contributed by atoms with Gasteiger partial charge in [0.1, 0.15) is 19.3 Å². The number of aliphatic hydroxyl groups excluding tert-OH is 1. The van der Waals surface area contributed by atoms with Crippen LogP contribution in [0.2, 0.25) is 0 Å². The number of rotatable bonds is 76. The van der Waals surface area contributed by atoms with E-state index in [0.29, 0.717) is 25.7 Å². The Morgan fingerprint density at radius 2 is 0.500 bits per heavy atom. The summed E-state index contributed by atoms with van der Waals surface area (Å²) in [6, 6.07) is 0. The maximum atomic E-state index is 13.1. The first-order valence-corrected chi connectivity index (χ1v) is 43.8. The molecular weight excluding hydrogens is 1350 g/mol. The normalized spacial score (nSPS) is 14.5. The molecule has 5 unspecified atom stereocenters. The summed E-state index contributed by atoms with van der Waals surface area (Å²) in [4.78, 5) is 73.1. The Kier molecular flexibility index (Phi) is 73.3. The van der Waals surface area contributed by atoms with Gasteiger partial charge in [-0.1, -0.05) is 278 Å². The number of phosphoric ester groups is 2. The lowest BCUT2D eigenvalue weighted by molar-refractivity contribution is -0.161. The number of phosphoric acid groups is 2. The van der Waals surface area contributed by atoms with Crippen molar-refractivity contribution >= 4 is 39.5 Å². The minimum atomic E-state index is -4.99. The summed E-state index contributed by atoms with van der Waals surface area (Å²) in [6.07, 6.45) is 84.5. The summed E-state index contributed by atoms with van der Waals surface area (Å²) < 4.78 is 68.7. The summed E-state index contributed by atoms with van der Waals surface area (Å²) in [5.74, 6) is -2.22. The van der Waals surface area contributed by atoms with Crippen molar-refractivity contribution in [2.75, 3.05) is 39.6 Å². The fraction of sp³-hybridized carbons (Fsp3) is 0.718. The second-order valence-electron chi connectivity index (χ2n) is 26.9. The number of carbonyl (C=O) groups excluding carboxylic acids is 4. The van der Waals surface area contributed by atoms with E-state index in [1.165, 1.54) is 57.8 Å². The van der Waals surface area contributed by atoms with E-state index < -0.39 is 97.5 Å². The predicted molar refractivity (Wildman–Crippen MR) is 427 cm³/mol. The van der Waals surface area contributed by atoms with E-state index in [-0.39, 0.29) is 25.7 Å². The van der Waals surface area contributed by atoms with Crippen LogP contribution in [-0.2, 0) is 65.4 Å². The average Bonchev–Trinajstić information content (AvgIpc) is 0.918. The molecule has 3 N–H and O–H groups in total. The van der Waals surface area contributed by atoms with Gasteiger partial charge in [0, 0.05) is 25.7 Å². The van der Waals surface area contributed by atoms with Gasteiger partial charge in [0.15, 0.2) is 12.2 Å². The Labute approximate surface area is 632 Å². The average molecular weight is 1500 g/mol. The van der Waals surface area contributed by atoms with Crippen LogP contribution in [0.25, 0.3) is 0 Å². The Balaban J connectivity index is 5.39. The SMILES string of the molecule is CC/C=C\C/C=C\C/C=C\C/C=C\CCCCCCCCC(=O)OCC(COP(=O)(O)OCC(O)COP(=O)(O)OCC(COC(=O)CCCCCCC/C=C\C/C=C\C/C=C\CC)OC(=O)CCCCCCC/C=C\C/C=C\CCCCC)OC(=O)CCCCCCC/C=C\CCCCCCCC. The van der Waals surface area contributed by atoms with Crippen molar-refractivity contribution in [2.45, 2.75) is 354 Å². The van der Waals surface area contributed by atoms with Crippen LogP contribution in [0.5, 0.6) is 0 Å². The van der Waals surface area contributed by atoms with Gasteiger partial charge in [-0.2, -0.15) is 0 Å². The lowest BCUT2D eigenvalue weighted by atomic mass is 10.1. The van der Waals surface area contributed by atoms with Crippen molar-refractivity contribution < 1.29 is 80.2 Å². The quantitative estimate of drug-likeness (QED) is 0.0169. The Morgan fingerprint density at radius 3 is 0.798 bits per heavy atom. The van der Waals surface area contributed by atoms with Crippen LogP contribution in [0, 0.1) is 0 Å². The van der Waals surface area contributed by atoms with E-state index in [9.17, 15) is 43.2 Å². The molecule has 0 aromatic carbocycles. The molecule has 0 aliphatic carbocycles. The molecule has 598 valence electrons. The number of aliphatic hydroxyl groups is 1. The van der Waals surface area contributed by atoms with Crippen molar-refractivity contribution in [3.63, 3.8) is 0 Å². The predicted octanol–water partition coefficient (Wildman–Crippen LogP) is 23.9. The standard InChI is InChI=1S/C85H146O17P2/c1-5-9-13-17-21-25-29-33-37-38-39-40-44-46-50-54-58-62-66-70-83(88)96-76-81(102-85(90)72-68-64-60-56-52-48-43-36-32-28-24-20-16-12-8-4)78-100-104(93,94)98-74-79(86)73-97-103(91,92)99-77-80(101-84(89)71-67-63-59-55-51-47-42-35-31-27-23-19-15-11-7-3)75-95-82(87)69-65-61-57-53-49-45-41-34-30-26-22-18-14-10-6-2/h9-10,13-14,21-23,25-27,33-37,39-43,79-81,86H,5-8,11-12,15-20,24,28-32,38,44-78H2,1-4H3,(H,91,92)(H,93,94)/b13-9-,14-10-,25-21-,26-22-,27-23-,37-33-,40-39-,41-34-,42-35-,43-36-. The molecule has 0 rings (SSSR count). The maximum Gasteiger partial charge on any atom is 0.472 e. The number of hydrogen-bond acceptors (Lipinski definition) is 15. The third-order valence-corrected chi connectivity index (χ3v) is 18.8. The van der Waals surface area contributed by atoms with Gasteiger partial charge < -0.3 is 33.8 Å². The van der Waals surface area contributed by atoms with Crippen molar-refractivity contribution in [1.82, 2.24) is 0 Å². The number of allylic oxidation sites excluding steroid dienone is 20. The van der Waals surface area contributed by atoms with Crippen LogP contribution >= 0.6 is 15.6 Å². The molecule has 0 amide bonds. The van der Waals surface area contributed by atoms with Crippen molar-refractivity contribution in [1.29, 1.82) is 0 Å². The topological polar surface area (TPSA) is 237 Å². The van der Waals surface area contributed by atoms with Crippen LogP contribution in [0.3, 0.4) is 0 Å². The molecule has 0 saturated heterocycles. The number of carbonyl (C=O) groups is 4. The zero-order valence-corrected chi connectivity index (χ0v) is 67.2. The number of hydrogen-bond donors (Lipinski definition) is 3. The Morgan fingerprint density at radius 1 is 0.279 bits per heavy atom. The van der Waals surface area contributed by atoms with E-state index in [2.05, 4.69) is 149 Å². The molecule has 0 aliphatic rings. The van der Waals surface area contributed by atoms with Gasteiger partial charge in [-0.15, -0.1) is 0 Å². The van der Waals surface area contributed by atoms with Crippen molar-refractivity contribution in [3.05, 3.63) is 122 Å². The van der Waals surface area contributed by atoms with E-state index in [1.54, 1.807) is 0 Å². The van der Waals surface area contributed by atoms with Gasteiger partial charge in [-0.05, 0) is 154 Å². The molecule has 0 saturated carbocycles. The molecule has 5 atom stereocenters. The van der Waals surface area contributed by atoms with Crippen LogP contribution in [0.15, 0.2) is 122 Å².